The minimum Gasteiger partial charge on any atom is -0.493 e. The summed E-state index contributed by atoms with van der Waals surface area (Å²) in [4.78, 5) is 25.9. The van der Waals surface area contributed by atoms with Crippen molar-refractivity contribution in [3.05, 3.63) is 52.5 Å². The van der Waals surface area contributed by atoms with Gasteiger partial charge in [-0.15, -0.1) is 0 Å². The molecule has 0 saturated heterocycles. The topological polar surface area (TPSA) is 74.3 Å². The lowest BCUT2D eigenvalue weighted by Gasteiger charge is -2.21. The van der Waals surface area contributed by atoms with Gasteiger partial charge in [-0.25, -0.2) is 4.79 Å². The number of benzene rings is 2. The monoisotopic (exact) mass is 465 g/mol. The first-order chi connectivity index (χ1) is 14.0. The maximum atomic E-state index is 12.4. The van der Waals surface area contributed by atoms with Crippen molar-refractivity contribution in [2.24, 2.45) is 0 Å². The zero-order chi connectivity index (χ0) is 21.2. The third-order valence-corrected chi connectivity index (χ3v) is 4.56. The van der Waals surface area contributed by atoms with Gasteiger partial charge in [-0.05, 0) is 42.8 Å². The highest BCUT2D eigenvalue weighted by Gasteiger charge is 2.16. The van der Waals surface area contributed by atoms with Crippen LogP contribution in [-0.2, 0) is 20.9 Å². The zero-order valence-corrected chi connectivity index (χ0v) is 18.2. The van der Waals surface area contributed by atoms with Crippen LogP contribution < -0.4 is 14.2 Å². The van der Waals surface area contributed by atoms with E-state index >= 15 is 0 Å². The van der Waals surface area contributed by atoms with Crippen molar-refractivity contribution < 1.29 is 28.5 Å². The van der Waals surface area contributed by atoms with Crippen LogP contribution in [-0.4, -0.2) is 50.8 Å². The average molecular weight is 466 g/mol. The molecule has 29 heavy (non-hydrogen) atoms. The largest absolute Gasteiger partial charge is 0.493 e. The summed E-state index contributed by atoms with van der Waals surface area (Å²) in [6, 6.07) is 12.6. The van der Waals surface area contributed by atoms with Crippen molar-refractivity contribution in [2.45, 2.75) is 13.5 Å². The molecule has 0 saturated carbocycles. The Labute approximate surface area is 178 Å². The summed E-state index contributed by atoms with van der Waals surface area (Å²) in [7, 11) is 3.12. The first-order valence-corrected chi connectivity index (χ1v) is 9.78. The number of methoxy groups -OCH3 is 2. The van der Waals surface area contributed by atoms with E-state index in [1.54, 1.807) is 43.4 Å². The zero-order valence-electron chi connectivity index (χ0n) is 16.6. The molecule has 0 radical (unpaired) electrons. The summed E-state index contributed by atoms with van der Waals surface area (Å²) in [6.07, 6.45) is 0. The normalized spacial score (nSPS) is 10.2. The molecule has 0 N–H and O–H groups in total. The fourth-order valence-electron chi connectivity index (χ4n) is 2.55. The Morgan fingerprint density at radius 3 is 2.41 bits per heavy atom. The molecule has 0 unspecified atom stereocenters. The van der Waals surface area contributed by atoms with E-state index in [0.29, 0.717) is 30.3 Å². The molecule has 0 atom stereocenters. The number of ether oxygens (including phenoxy) is 4. The molecule has 0 aliphatic carbocycles. The van der Waals surface area contributed by atoms with Gasteiger partial charge in [0.2, 0.25) is 0 Å². The van der Waals surface area contributed by atoms with Crippen molar-refractivity contribution in [1.82, 2.24) is 4.90 Å². The lowest BCUT2D eigenvalue weighted by molar-refractivity contribution is -0.153. The first-order valence-electron chi connectivity index (χ1n) is 8.99. The molecule has 2 aromatic rings. The number of hydrogen-bond donors (Lipinski definition) is 0. The van der Waals surface area contributed by atoms with Gasteiger partial charge in [0.05, 0.1) is 14.2 Å². The van der Waals surface area contributed by atoms with Crippen LogP contribution in [0.2, 0.25) is 0 Å². The number of hydrogen-bond acceptors (Lipinski definition) is 6. The smallest absolute Gasteiger partial charge is 0.344 e. The number of esters is 1. The Morgan fingerprint density at radius 1 is 1.00 bits per heavy atom. The van der Waals surface area contributed by atoms with Crippen molar-refractivity contribution in [1.29, 1.82) is 0 Å². The molecule has 0 heterocycles. The Hall–Kier alpha value is -2.74. The molecule has 0 aliphatic heterocycles. The molecule has 0 aromatic heterocycles. The summed E-state index contributed by atoms with van der Waals surface area (Å²) < 4.78 is 21.7. The Morgan fingerprint density at radius 2 is 1.76 bits per heavy atom. The van der Waals surface area contributed by atoms with Gasteiger partial charge >= 0.3 is 5.97 Å². The van der Waals surface area contributed by atoms with E-state index in [0.717, 1.165) is 10.0 Å². The third kappa shape index (κ3) is 6.98. The van der Waals surface area contributed by atoms with Gasteiger partial charge in [-0.2, -0.15) is 0 Å². The number of halogens is 1. The molecular weight excluding hydrogens is 442 g/mol. The van der Waals surface area contributed by atoms with Gasteiger partial charge in [-0.3, -0.25) is 4.79 Å². The molecule has 0 spiro atoms. The number of amides is 1. The maximum absolute atomic E-state index is 12.4. The second-order valence-corrected chi connectivity index (χ2v) is 6.92. The van der Waals surface area contributed by atoms with Crippen molar-refractivity contribution in [2.75, 3.05) is 34.0 Å². The fraction of sp³-hybridized carbons (Fsp3) is 0.333. The van der Waals surface area contributed by atoms with Gasteiger partial charge in [0.25, 0.3) is 5.91 Å². The van der Waals surface area contributed by atoms with Gasteiger partial charge < -0.3 is 23.8 Å². The lowest BCUT2D eigenvalue weighted by atomic mass is 10.2. The molecule has 0 aliphatic rings. The Bertz CT molecular complexity index is 842. The van der Waals surface area contributed by atoms with Crippen LogP contribution in [0.1, 0.15) is 12.5 Å². The number of rotatable bonds is 10. The second kappa shape index (κ2) is 11.3. The molecule has 1 amide bonds. The first kappa shape index (κ1) is 22.5. The quantitative estimate of drug-likeness (QED) is 0.500. The molecule has 7 nitrogen and oxygen atoms in total. The lowest BCUT2D eigenvalue weighted by Crippen LogP contribution is -2.34. The standard InChI is InChI=1S/C21H24BrNO6/c1-4-23(12-15-8-9-18(26-2)19(10-15)27-3)20(24)13-29-21(25)14-28-17-7-5-6-16(22)11-17/h5-11H,4,12-14H2,1-3H3. The predicted molar refractivity (Wildman–Crippen MR) is 111 cm³/mol. The van der Waals surface area contributed by atoms with Crippen molar-refractivity contribution >= 4 is 27.8 Å². The SMILES string of the molecule is CCN(Cc1ccc(OC)c(OC)c1)C(=O)COC(=O)COc1cccc(Br)c1. The van der Waals surface area contributed by atoms with Crippen LogP contribution in [0.5, 0.6) is 17.2 Å². The maximum Gasteiger partial charge on any atom is 0.344 e. The van der Waals surface area contributed by atoms with E-state index in [-0.39, 0.29) is 19.1 Å². The van der Waals surface area contributed by atoms with Gasteiger partial charge in [0, 0.05) is 17.6 Å². The van der Waals surface area contributed by atoms with Crippen LogP contribution in [0.25, 0.3) is 0 Å². The van der Waals surface area contributed by atoms with E-state index in [2.05, 4.69) is 15.9 Å². The van der Waals surface area contributed by atoms with E-state index in [9.17, 15) is 9.59 Å². The van der Waals surface area contributed by atoms with Crippen molar-refractivity contribution in [3.63, 3.8) is 0 Å². The highest BCUT2D eigenvalue weighted by Crippen LogP contribution is 2.28. The van der Waals surface area contributed by atoms with Crippen LogP contribution in [0.4, 0.5) is 0 Å². The molecule has 0 fully saturated rings. The molecule has 2 aromatic carbocycles. The van der Waals surface area contributed by atoms with Gasteiger partial charge in [0.1, 0.15) is 5.75 Å². The number of carbonyl (C=O) groups is 2. The number of likely N-dealkylation sites (N-methyl/N-ethyl adjacent to an activating group) is 1. The molecule has 156 valence electrons. The van der Waals surface area contributed by atoms with E-state index in [4.69, 9.17) is 18.9 Å². The van der Waals surface area contributed by atoms with Crippen LogP contribution in [0, 0.1) is 0 Å². The summed E-state index contributed by atoms with van der Waals surface area (Å²) in [5, 5.41) is 0. The van der Waals surface area contributed by atoms with E-state index in [1.165, 1.54) is 0 Å². The highest BCUT2D eigenvalue weighted by atomic mass is 79.9. The van der Waals surface area contributed by atoms with Crippen LogP contribution >= 0.6 is 15.9 Å². The van der Waals surface area contributed by atoms with Crippen molar-refractivity contribution in [3.8, 4) is 17.2 Å². The predicted octanol–water partition coefficient (Wildman–Crippen LogP) is 3.44. The summed E-state index contributed by atoms with van der Waals surface area (Å²) in [6.45, 7) is 2.07. The summed E-state index contributed by atoms with van der Waals surface area (Å²) in [5.74, 6) is 0.833. The Balaban J connectivity index is 1.85. The highest BCUT2D eigenvalue weighted by molar-refractivity contribution is 9.10. The van der Waals surface area contributed by atoms with Gasteiger partial charge in [0.15, 0.2) is 24.7 Å². The second-order valence-electron chi connectivity index (χ2n) is 6.00. The number of carbonyl (C=O) groups excluding carboxylic acids is 2. The van der Waals surface area contributed by atoms with E-state index in [1.807, 2.05) is 25.1 Å². The molecule has 8 heteroatoms. The third-order valence-electron chi connectivity index (χ3n) is 4.07. The number of nitrogens with zero attached hydrogens (tertiary/aromatic N) is 1. The van der Waals surface area contributed by atoms with Gasteiger partial charge in [-0.1, -0.05) is 28.1 Å². The average Bonchev–Trinajstić information content (AvgIpc) is 2.74. The molecule has 2 rings (SSSR count). The molecule has 0 bridgehead atoms. The fourth-order valence-corrected chi connectivity index (χ4v) is 2.93. The molecular formula is C21H24BrNO6. The summed E-state index contributed by atoms with van der Waals surface area (Å²) in [5.41, 5.74) is 0.877. The van der Waals surface area contributed by atoms with E-state index < -0.39 is 5.97 Å². The minimum atomic E-state index is -0.611. The summed E-state index contributed by atoms with van der Waals surface area (Å²) >= 11 is 3.33. The van der Waals surface area contributed by atoms with Crippen LogP contribution in [0.3, 0.4) is 0 Å². The minimum absolute atomic E-state index is 0.272. The Kier molecular flexibility index (Phi) is 8.79. The van der Waals surface area contributed by atoms with Crippen LogP contribution in [0.15, 0.2) is 46.9 Å².